The van der Waals surface area contributed by atoms with E-state index in [1.165, 1.54) is 19.2 Å². The van der Waals surface area contributed by atoms with E-state index in [-0.39, 0.29) is 29.0 Å². The van der Waals surface area contributed by atoms with Crippen LogP contribution in [0.15, 0.2) is 52.3 Å². The Balaban J connectivity index is 1.10. The molecule has 232 valence electrons. The van der Waals surface area contributed by atoms with Crippen molar-refractivity contribution in [3.05, 3.63) is 42.5 Å². The smallest absolute Gasteiger partial charge is 0.243 e. The van der Waals surface area contributed by atoms with Gasteiger partial charge in [0.15, 0.2) is 0 Å². The van der Waals surface area contributed by atoms with Gasteiger partial charge in [-0.1, -0.05) is 6.07 Å². The minimum absolute atomic E-state index is 0.00751. The molecule has 1 spiro atoms. The molecule has 0 amide bonds. The molecular weight excluding hydrogens is 584 g/mol. The molecule has 3 N–H and O–H groups in total. The number of nitrogens with zero attached hydrogens (tertiary/aromatic N) is 2. The van der Waals surface area contributed by atoms with Crippen molar-refractivity contribution in [2.75, 3.05) is 64.5 Å². The Morgan fingerprint density at radius 2 is 1.88 bits per heavy atom. The molecular formula is C28H40N4O8S2. The van der Waals surface area contributed by atoms with Gasteiger partial charge in [-0.05, 0) is 63.6 Å². The van der Waals surface area contributed by atoms with Crippen LogP contribution < -0.4 is 24.4 Å². The molecule has 0 aliphatic carbocycles. The van der Waals surface area contributed by atoms with Crippen LogP contribution in [0.4, 0.5) is 5.69 Å². The fourth-order valence-electron chi connectivity index (χ4n) is 5.75. The van der Waals surface area contributed by atoms with E-state index in [1.54, 1.807) is 34.6 Å². The van der Waals surface area contributed by atoms with Crippen molar-refractivity contribution in [2.45, 2.75) is 53.7 Å². The fraction of sp³-hybridized carbons (Fsp3) is 0.571. The van der Waals surface area contributed by atoms with Gasteiger partial charge in [0.25, 0.3) is 0 Å². The van der Waals surface area contributed by atoms with Crippen LogP contribution in [-0.4, -0.2) is 104 Å². The lowest BCUT2D eigenvalue weighted by Crippen LogP contribution is -2.47. The SMILES string of the molecule is CCN1CCOc2ccc(S(=O)(=O)N3CCC4(CC3)C[C@H](NCC(O)COc3cccc(S(=O)(=O)NC)c3)CO4)cc21. The van der Waals surface area contributed by atoms with Crippen molar-refractivity contribution < 1.29 is 36.2 Å². The molecule has 0 saturated carbocycles. The van der Waals surface area contributed by atoms with E-state index in [2.05, 4.69) is 14.9 Å². The summed E-state index contributed by atoms with van der Waals surface area (Å²) in [5.74, 6) is 1.06. The third-order valence-electron chi connectivity index (χ3n) is 8.22. The molecule has 0 radical (unpaired) electrons. The summed E-state index contributed by atoms with van der Waals surface area (Å²) in [4.78, 5) is 2.49. The second-order valence-corrected chi connectivity index (χ2v) is 14.7. The number of piperidine rings is 1. The molecule has 2 saturated heterocycles. The minimum Gasteiger partial charge on any atom is -0.491 e. The van der Waals surface area contributed by atoms with Crippen molar-refractivity contribution >= 4 is 25.7 Å². The van der Waals surface area contributed by atoms with Gasteiger partial charge in [0.05, 0.1) is 34.2 Å². The highest BCUT2D eigenvalue weighted by molar-refractivity contribution is 7.89. The molecule has 2 atom stereocenters. The lowest BCUT2D eigenvalue weighted by atomic mass is 9.88. The maximum absolute atomic E-state index is 13.5. The first-order chi connectivity index (χ1) is 20.0. The second-order valence-electron chi connectivity index (χ2n) is 10.9. The highest BCUT2D eigenvalue weighted by Crippen LogP contribution is 2.39. The van der Waals surface area contributed by atoms with Crippen molar-refractivity contribution in [3.63, 3.8) is 0 Å². The van der Waals surface area contributed by atoms with Crippen LogP contribution in [0.2, 0.25) is 0 Å². The maximum Gasteiger partial charge on any atom is 0.243 e. The van der Waals surface area contributed by atoms with Crippen LogP contribution in [0.3, 0.4) is 0 Å². The number of rotatable bonds is 11. The van der Waals surface area contributed by atoms with E-state index in [4.69, 9.17) is 14.2 Å². The van der Waals surface area contributed by atoms with Crippen LogP contribution in [-0.2, 0) is 24.8 Å². The summed E-state index contributed by atoms with van der Waals surface area (Å²) < 4.78 is 72.3. The first-order valence-corrected chi connectivity index (χ1v) is 17.2. The maximum atomic E-state index is 13.5. The summed E-state index contributed by atoms with van der Waals surface area (Å²) in [5.41, 5.74) is 0.418. The monoisotopic (exact) mass is 624 g/mol. The molecule has 0 bridgehead atoms. The number of nitrogens with one attached hydrogen (secondary N) is 2. The highest BCUT2D eigenvalue weighted by Gasteiger charge is 2.45. The Morgan fingerprint density at radius 1 is 1.10 bits per heavy atom. The molecule has 2 aromatic carbocycles. The standard InChI is InChI=1S/C28H40N4O8S2/c1-3-31-13-14-38-27-8-7-25(16-26(27)31)42(36,37)32-11-9-28(10-12-32)17-21(19-40-28)30-18-22(33)20-39-23-5-4-6-24(15-23)41(34,35)29-2/h4-8,15-16,21-22,29-30,33H,3,9-14,17-20H2,1-2H3/t21-,22?/m0/s1. The van der Waals surface area contributed by atoms with E-state index in [0.29, 0.717) is 50.6 Å². The number of hydrogen-bond donors (Lipinski definition) is 3. The van der Waals surface area contributed by atoms with Crippen LogP contribution in [0.5, 0.6) is 11.5 Å². The zero-order valence-corrected chi connectivity index (χ0v) is 25.6. The Kier molecular flexibility index (Phi) is 9.33. The van der Waals surface area contributed by atoms with Crippen molar-refractivity contribution in [3.8, 4) is 11.5 Å². The Labute approximate surface area is 248 Å². The number of fused-ring (bicyclic) bond motifs is 1. The molecule has 14 heteroatoms. The van der Waals surface area contributed by atoms with E-state index in [1.807, 2.05) is 6.92 Å². The van der Waals surface area contributed by atoms with Crippen LogP contribution >= 0.6 is 0 Å². The lowest BCUT2D eigenvalue weighted by molar-refractivity contribution is -0.0312. The highest BCUT2D eigenvalue weighted by atomic mass is 32.2. The summed E-state index contributed by atoms with van der Waals surface area (Å²) >= 11 is 0. The summed E-state index contributed by atoms with van der Waals surface area (Å²) in [6, 6.07) is 11.2. The van der Waals surface area contributed by atoms with Crippen LogP contribution in [0.1, 0.15) is 26.2 Å². The quantitative estimate of drug-likeness (QED) is 0.333. The van der Waals surface area contributed by atoms with Gasteiger partial charge in [-0.2, -0.15) is 4.31 Å². The van der Waals surface area contributed by atoms with Crippen molar-refractivity contribution in [1.29, 1.82) is 0 Å². The molecule has 0 aromatic heterocycles. The molecule has 2 fully saturated rings. The lowest BCUT2D eigenvalue weighted by Gasteiger charge is -2.38. The fourth-order valence-corrected chi connectivity index (χ4v) is 7.98. The van der Waals surface area contributed by atoms with Gasteiger partial charge in [0.2, 0.25) is 20.0 Å². The normalized spacial score (nSPS) is 21.6. The zero-order valence-electron chi connectivity index (χ0n) is 24.0. The number of ether oxygens (including phenoxy) is 3. The average Bonchev–Trinajstić information content (AvgIpc) is 3.40. The van der Waals surface area contributed by atoms with E-state index >= 15 is 0 Å². The Hall–Kier alpha value is -2.46. The molecule has 3 aliphatic heterocycles. The molecule has 5 rings (SSSR count). The predicted molar refractivity (Wildman–Crippen MR) is 157 cm³/mol. The second kappa shape index (κ2) is 12.6. The number of sulfonamides is 2. The first-order valence-electron chi connectivity index (χ1n) is 14.3. The Bertz CT molecular complexity index is 1460. The van der Waals surface area contributed by atoms with Gasteiger partial charge in [0.1, 0.15) is 30.8 Å². The third-order valence-corrected chi connectivity index (χ3v) is 11.5. The van der Waals surface area contributed by atoms with Gasteiger partial charge in [-0.3, -0.25) is 0 Å². The largest absolute Gasteiger partial charge is 0.491 e. The zero-order chi connectivity index (χ0) is 30.0. The van der Waals surface area contributed by atoms with Gasteiger partial charge < -0.3 is 29.5 Å². The number of aliphatic hydroxyl groups is 1. The Morgan fingerprint density at radius 3 is 2.62 bits per heavy atom. The summed E-state index contributed by atoms with van der Waals surface area (Å²) in [6.45, 7) is 5.62. The summed E-state index contributed by atoms with van der Waals surface area (Å²) in [5, 5.41) is 13.8. The molecule has 3 heterocycles. The number of anilines is 1. The number of benzene rings is 2. The van der Waals surface area contributed by atoms with E-state index in [0.717, 1.165) is 25.2 Å². The number of hydrogen-bond acceptors (Lipinski definition) is 10. The van der Waals surface area contributed by atoms with Gasteiger partial charge in [-0.15, -0.1) is 0 Å². The number of likely N-dealkylation sites (N-methyl/N-ethyl adjacent to an activating group) is 1. The van der Waals surface area contributed by atoms with Crippen molar-refractivity contribution in [1.82, 2.24) is 14.3 Å². The van der Waals surface area contributed by atoms with Crippen LogP contribution in [0, 0.1) is 0 Å². The minimum atomic E-state index is -3.65. The average molecular weight is 625 g/mol. The van der Waals surface area contributed by atoms with E-state index < -0.39 is 31.8 Å². The molecule has 12 nitrogen and oxygen atoms in total. The third kappa shape index (κ3) is 6.69. The summed E-state index contributed by atoms with van der Waals surface area (Å²) in [7, 11) is -5.90. The molecule has 2 aromatic rings. The van der Waals surface area contributed by atoms with Crippen molar-refractivity contribution in [2.24, 2.45) is 0 Å². The molecule has 42 heavy (non-hydrogen) atoms. The van der Waals surface area contributed by atoms with E-state index in [9.17, 15) is 21.9 Å². The molecule has 3 aliphatic rings. The summed E-state index contributed by atoms with van der Waals surface area (Å²) in [6.07, 6.45) is 1.09. The van der Waals surface area contributed by atoms with Crippen LogP contribution in [0.25, 0.3) is 0 Å². The van der Waals surface area contributed by atoms with Gasteiger partial charge in [0, 0.05) is 38.3 Å². The van der Waals surface area contributed by atoms with Gasteiger partial charge >= 0.3 is 0 Å². The van der Waals surface area contributed by atoms with Gasteiger partial charge in [-0.25, -0.2) is 21.6 Å². The number of aliphatic hydroxyl groups excluding tert-OH is 1. The topological polar surface area (TPSA) is 147 Å². The molecule has 1 unspecified atom stereocenters. The predicted octanol–water partition coefficient (Wildman–Crippen LogP) is 1.16. The first kappa shape index (κ1) is 31.0.